The number of quaternary nitrogens is 1. The topological polar surface area (TPSA) is 63.6 Å². The molecule has 1 unspecified atom stereocenters. The van der Waals surface area contributed by atoms with Crippen LogP contribution in [0.15, 0.2) is 24.3 Å². The number of likely N-dealkylation sites (N-methyl/N-ethyl adjacent to an activating group) is 1. The Kier molecular flexibility index (Phi) is 19.0. The van der Waals surface area contributed by atoms with E-state index in [1.54, 1.807) is 0 Å². The van der Waals surface area contributed by atoms with Gasteiger partial charge in [0, 0.05) is 6.42 Å². The Morgan fingerprint density at radius 1 is 0.812 bits per heavy atom. The molecule has 0 aromatic carbocycles. The molecule has 0 aliphatic carbocycles. The summed E-state index contributed by atoms with van der Waals surface area (Å²) >= 11 is 0. The molecular weight excluding hydrogens is 402 g/mol. The van der Waals surface area contributed by atoms with Crippen molar-refractivity contribution in [2.24, 2.45) is 0 Å². The first kappa shape index (κ1) is 30.4. The largest absolute Gasteiger partial charge is 0.481 e. The number of allylic oxidation sites excluding steroid dienone is 4. The SMILES string of the molecule is CCCCCCCC/C=C/C/C=C/CCCCCCC(=O)OC(CC(=O)O)C[N+](C)(C)C. The first-order chi connectivity index (χ1) is 15.2. The number of carboxylic acid groups (broad SMARTS) is 1. The number of ether oxygens (including phenoxy) is 1. The van der Waals surface area contributed by atoms with Crippen LogP contribution in [0.1, 0.15) is 103 Å². The third kappa shape index (κ3) is 23.1. The van der Waals surface area contributed by atoms with Crippen molar-refractivity contribution in [3.63, 3.8) is 0 Å². The average Bonchev–Trinajstić information content (AvgIpc) is 2.68. The summed E-state index contributed by atoms with van der Waals surface area (Å²) in [6.45, 7) is 2.75. The molecule has 0 amide bonds. The van der Waals surface area contributed by atoms with Crippen LogP contribution in [-0.2, 0) is 14.3 Å². The first-order valence-electron chi connectivity index (χ1n) is 12.8. The highest BCUT2D eigenvalue weighted by Crippen LogP contribution is 2.11. The molecule has 0 rings (SSSR count). The highest BCUT2D eigenvalue weighted by molar-refractivity contribution is 5.71. The standard InChI is InChI=1S/C27H49NO4/c1-5-6-7-8-9-10-11-12-13-14-15-16-17-18-19-20-21-22-27(31)32-25(23-26(29)30)24-28(2,3)4/h12-13,15-16,25H,5-11,14,17-24H2,1-4H3/p+1/b13-12+,16-15+. The quantitative estimate of drug-likeness (QED) is 0.0914. The fourth-order valence-electron chi connectivity index (χ4n) is 3.63. The second-order valence-corrected chi connectivity index (χ2v) is 9.87. The highest BCUT2D eigenvalue weighted by atomic mass is 16.5. The molecule has 0 heterocycles. The second kappa shape index (κ2) is 20.0. The van der Waals surface area contributed by atoms with Gasteiger partial charge in [-0.2, -0.15) is 0 Å². The van der Waals surface area contributed by atoms with Crippen LogP contribution in [0, 0.1) is 0 Å². The van der Waals surface area contributed by atoms with Gasteiger partial charge in [0.25, 0.3) is 0 Å². The molecule has 0 aromatic heterocycles. The Morgan fingerprint density at radius 3 is 1.88 bits per heavy atom. The van der Waals surface area contributed by atoms with Gasteiger partial charge in [-0.3, -0.25) is 9.59 Å². The molecule has 0 aromatic rings. The lowest BCUT2D eigenvalue weighted by Gasteiger charge is -2.28. The van der Waals surface area contributed by atoms with Crippen molar-refractivity contribution in [2.75, 3.05) is 27.7 Å². The zero-order valence-corrected chi connectivity index (χ0v) is 21.3. The molecule has 0 aliphatic rings. The molecule has 0 aliphatic heterocycles. The van der Waals surface area contributed by atoms with Crippen LogP contribution >= 0.6 is 0 Å². The lowest BCUT2D eigenvalue weighted by atomic mass is 10.1. The minimum Gasteiger partial charge on any atom is -0.481 e. The van der Waals surface area contributed by atoms with Gasteiger partial charge in [0.05, 0.1) is 27.6 Å². The molecule has 0 radical (unpaired) electrons. The van der Waals surface area contributed by atoms with Crippen molar-refractivity contribution in [1.82, 2.24) is 0 Å². The number of carbonyl (C=O) groups is 2. The van der Waals surface area contributed by atoms with E-state index in [1.165, 1.54) is 44.9 Å². The van der Waals surface area contributed by atoms with Gasteiger partial charge in [-0.1, -0.05) is 76.2 Å². The van der Waals surface area contributed by atoms with Crippen molar-refractivity contribution >= 4 is 11.9 Å². The molecule has 0 spiro atoms. The van der Waals surface area contributed by atoms with Crippen molar-refractivity contribution in [1.29, 1.82) is 0 Å². The first-order valence-corrected chi connectivity index (χ1v) is 12.8. The lowest BCUT2D eigenvalue weighted by molar-refractivity contribution is -0.873. The number of carboxylic acids is 1. The number of unbranched alkanes of at least 4 members (excludes halogenated alkanes) is 10. The molecular formula is C27H50NO4+. The molecule has 5 heteroatoms. The Bertz CT molecular complexity index is 534. The Balaban J connectivity index is 3.68. The van der Waals surface area contributed by atoms with E-state index in [2.05, 4.69) is 31.2 Å². The van der Waals surface area contributed by atoms with E-state index in [0.29, 0.717) is 17.4 Å². The van der Waals surface area contributed by atoms with E-state index in [-0.39, 0.29) is 12.4 Å². The smallest absolute Gasteiger partial charge is 0.307 e. The number of hydrogen-bond donors (Lipinski definition) is 1. The van der Waals surface area contributed by atoms with Crippen molar-refractivity contribution in [3.05, 3.63) is 24.3 Å². The third-order valence-corrected chi connectivity index (χ3v) is 5.28. The van der Waals surface area contributed by atoms with Gasteiger partial charge < -0.3 is 14.3 Å². The number of carbonyl (C=O) groups excluding carboxylic acids is 1. The van der Waals surface area contributed by atoms with Crippen molar-refractivity contribution in [3.8, 4) is 0 Å². The molecule has 1 N–H and O–H groups in total. The minimum atomic E-state index is -0.933. The Labute approximate surface area is 197 Å². The van der Waals surface area contributed by atoms with Crippen LogP contribution < -0.4 is 0 Å². The maximum Gasteiger partial charge on any atom is 0.307 e. The number of hydrogen-bond acceptors (Lipinski definition) is 3. The monoisotopic (exact) mass is 452 g/mol. The van der Waals surface area contributed by atoms with Gasteiger partial charge in [0.2, 0.25) is 0 Å². The molecule has 1 atom stereocenters. The summed E-state index contributed by atoms with van der Waals surface area (Å²) in [4.78, 5) is 23.0. The van der Waals surface area contributed by atoms with Crippen molar-refractivity contribution in [2.45, 2.75) is 109 Å². The molecule has 5 nitrogen and oxygen atoms in total. The average molecular weight is 453 g/mol. The molecule has 0 saturated carbocycles. The van der Waals surface area contributed by atoms with E-state index < -0.39 is 12.1 Å². The van der Waals surface area contributed by atoms with E-state index in [9.17, 15) is 9.59 Å². The molecule has 0 bridgehead atoms. The Hall–Kier alpha value is -1.62. The van der Waals surface area contributed by atoms with E-state index in [1.807, 2.05) is 21.1 Å². The summed E-state index contributed by atoms with van der Waals surface area (Å²) in [6, 6.07) is 0. The lowest BCUT2D eigenvalue weighted by Crippen LogP contribution is -2.43. The van der Waals surface area contributed by atoms with Gasteiger partial charge in [0.1, 0.15) is 6.54 Å². The van der Waals surface area contributed by atoms with Gasteiger partial charge in [-0.05, 0) is 38.5 Å². The number of nitrogens with zero attached hydrogens (tertiary/aromatic N) is 1. The maximum atomic E-state index is 12.0. The van der Waals surface area contributed by atoms with Crippen LogP contribution in [0.5, 0.6) is 0 Å². The maximum absolute atomic E-state index is 12.0. The Morgan fingerprint density at radius 2 is 1.34 bits per heavy atom. The normalized spacial score (nSPS) is 13.1. The van der Waals surface area contributed by atoms with Crippen LogP contribution in [0.4, 0.5) is 0 Å². The van der Waals surface area contributed by atoms with Crippen molar-refractivity contribution < 1.29 is 23.9 Å². The van der Waals surface area contributed by atoms with Gasteiger partial charge in [-0.15, -0.1) is 0 Å². The fourth-order valence-corrected chi connectivity index (χ4v) is 3.63. The summed E-state index contributed by atoms with van der Waals surface area (Å²) in [5, 5.41) is 9.02. The van der Waals surface area contributed by atoms with E-state index in [0.717, 1.165) is 38.5 Å². The van der Waals surface area contributed by atoms with Crippen LogP contribution in [0.2, 0.25) is 0 Å². The molecule has 186 valence electrons. The summed E-state index contributed by atoms with van der Waals surface area (Å²) in [7, 11) is 5.89. The van der Waals surface area contributed by atoms with Gasteiger partial charge >= 0.3 is 11.9 Å². The van der Waals surface area contributed by atoms with Crippen LogP contribution in [0.25, 0.3) is 0 Å². The number of esters is 1. The van der Waals surface area contributed by atoms with E-state index in [4.69, 9.17) is 9.84 Å². The fraction of sp³-hybridized carbons (Fsp3) is 0.778. The van der Waals surface area contributed by atoms with E-state index >= 15 is 0 Å². The zero-order valence-electron chi connectivity index (χ0n) is 21.3. The minimum absolute atomic E-state index is 0.137. The number of aliphatic carboxylic acids is 1. The predicted molar refractivity (Wildman–Crippen MR) is 134 cm³/mol. The van der Waals surface area contributed by atoms with Gasteiger partial charge in [0.15, 0.2) is 6.10 Å². The third-order valence-electron chi connectivity index (χ3n) is 5.28. The van der Waals surface area contributed by atoms with Gasteiger partial charge in [-0.25, -0.2) is 0 Å². The molecule has 0 fully saturated rings. The highest BCUT2D eigenvalue weighted by Gasteiger charge is 2.24. The van der Waals surface area contributed by atoms with Crippen LogP contribution in [-0.4, -0.2) is 55.3 Å². The summed E-state index contributed by atoms with van der Waals surface area (Å²) in [5.74, 6) is -1.21. The summed E-state index contributed by atoms with van der Waals surface area (Å²) in [5.41, 5.74) is 0. The number of rotatable bonds is 21. The summed E-state index contributed by atoms with van der Waals surface area (Å²) < 4.78 is 5.98. The summed E-state index contributed by atoms with van der Waals surface area (Å²) in [6.07, 6.45) is 24.2. The zero-order chi connectivity index (χ0) is 24.1. The van der Waals surface area contributed by atoms with Crippen LogP contribution in [0.3, 0.4) is 0 Å². The predicted octanol–water partition coefficient (Wildman–Crippen LogP) is 6.67. The molecule has 0 saturated heterocycles. The molecule has 32 heavy (non-hydrogen) atoms. The second-order valence-electron chi connectivity index (χ2n) is 9.87.